The van der Waals surface area contributed by atoms with Gasteiger partial charge in [-0.1, -0.05) is 24.8 Å². The molecule has 162 valence electrons. The number of carbonyl (C=O) groups excluding carboxylic acids is 2. The van der Waals surface area contributed by atoms with Crippen LogP contribution in [-0.4, -0.2) is 67.4 Å². The van der Waals surface area contributed by atoms with E-state index in [0.29, 0.717) is 25.4 Å². The zero-order valence-electron chi connectivity index (χ0n) is 17.4. The van der Waals surface area contributed by atoms with Crippen molar-refractivity contribution < 1.29 is 9.59 Å². The van der Waals surface area contributed by atoms with Crippen molar-refractivity contribution in [3.63, 3.8) is 0 Å². The maximum Gasteiger partial charge on any atom is 0.318 e. The zero-order chi connectivity index (χ0) is 21.8. The van der Waals surface area contributed by atoms with Gasteiger partial charge < -0.3 is 25.8 Å². The summed E-state index contributed by atoms with van der Waals surface area (Å²) in [7, 11) is 1.57. The average Bonchev–Trinajstić information content (AvgIpc) is 3.00. The van der Waals surface area contributed by atoms with Crippen LogP contribution in [0.4, 0.5) is 4.79 Å². The Morgan fingerprint density at radius 2 is 1.93 bits per heavy atom. The van der Waals surface area contributed by atoms with Crippen LogP contribution in [0.15, 0.2) is 72.3 Å². The number of allylic oxidation sites excluding steroid dienone is 8. The summed E-state index contributed by atoms with van der Waals surface area (Å²) in [6.07, 6.45) is 15.8. The number of nitrogens with one attached hydrogen (secondary N) is 3. The normalized spacial score (nSPS) is 17.2. The molecule has 2 rings (SSSR count). The molecule has 3 amide bonds. The standard InChI is InChI=1S/C22H30ClN5O2/c1-3-6-20(9-5-12-23)27-13-15-28(16-14-27)21(29)17-25-18-7-4-8-19(11-10-18)26-22(30)24-2/h3-7,9-11,25H,1,8,12-17H2,2H3,(H2,24,26,30)/b9-5-,20-6+. The Morgan fingerprint density at radius 1 is 1.20 bits per heavy atom. The van der Waals surface area contributed by atoms with E-state index in [4.69, 9.17) is 11.6 Å². The Hall–Kier alpha value is -2.93. The summed E-state index contributed by atoms with van der Waals surface area (Å²) >= 11 is 5.74. The first kappa shape index (κ1) is 23.3. The fraction of sp³-hybridized carbons (Fsp3) is 0.364. The van der Waals surface area contributed by atoms with Crippen LogP contribution in [0.3, 0.4) is 0 Å². The Labute approximate surface area is 183 Å². The van der Waals surface area contributed by atoms with Crippen molar-refractivity contribution in [2.45, 2.75) is 6.42 Å². The van der Waals surface area contributed by atoms with E-state index in [1.807, 2.05) is 47.4 Å². The molecule has 0 spiro atoms. The first-order valence-electron chi connectivity index (χ1n) is 9.95. The fourth-order valence-electron chi connectivity index (χ4n) is 3.10. The van der Waals surface area contributed by atoms with Crippen molar-refractivity contribution in [3.05, 3.63) is 72.3 Å². The van der Waals surface area contributed by atoms with Crippen LogP contribution in [0, 0.1) is 0 Å². The van der Waals surface area contributed by atoms with Gasteiger partial charge in [0, 0.05) is 62.6 Å². The molecule has 0 aromatic heterocycles. The highest BCUT2D eigenvalue weighted by Crippen LogP contribution is 2.12. The molecule has 8 heteroatoms. The first-order chi connectivity index (χ1) is 14.6. The number of hydrogen-bond acceptors (Lipinski definition) is 4. The van der Waals surface area contributed by atoms with Gasteiger partial charge in [-0.05, 0) is 30.4 Å². The summed E-state index contributed by atoms with van der Waals surface area (Å²) in [5.41, 5.74) is 2.67. The highest BCUT2D eigenvalue weighted by Gasteiger charge is 2.21. The van der Waals surface area contributed by atoms with Gasteiger partial charge in [-0.3, -0.25) is 4.79 Å². The molecular formula is C22H30ClN5O2. The quantitative estimate of drug-likeness (QED) is 0.407. The van der Waals surface area contributed by atoms with Crippen LogP contribution < -0.4 is 16.0 Å². The van der Waals surface area contributed by atoms with Crippen molar-refractivity contribution in [2.75, 3.05) is 45.7 Å². The second kappa shape index (κ2) is 12.6. The molecule has 2 aliphatic rings. The predicted molar refractivity (Wildman–Crippen MR) is 122 cm³/mol. The van der Waals surface area contributed by atoms with Crippen LogP contribution in [-0.2, 0) is 4.79 Å². The van der Waals surface area contributed by atoms with Gasteiger partial charge in [-0.15, -0.1) is 11.6 Å². The SMILES string of the molecule is C=C/C=C(\C=C/CCl)N1CCN(C(=O)CNC2=CC=C(NC(=O)NC)CC=C2)CC1. The monoisotopic (exact) mass is 431 g/mol. The summed E-state index contributed by atoms with van der Waals surface area (Å²) in [5, 5.41) is 8.46. The number of rotatable bonds is 8. The van der Waals surface area contributed by atoms with Crippen LogP contribution in [0.5, 0.6) is 0 Å². The lowest BCUT2D eigenvalue weighted by atomic mass is 10.2. The Bertz CT molecular complexity index is 774. The largest absolute Gasteiger partial charge is 0.376 e. The number of urea groups is 1. The molecule has 0 atom stereocenters. The van der Waals surface area contributed by atoms with E-state index in [0.717, 1.165) is 30.2 Å². The fourth-order valence-corrected chi connectivity index (χ4v) is 3.19. The molecule has 1 saturated heterocycles. The number of carbonyl (C=O) groups is 2. The lowest BCUT2D eigenvalue weighted by Crippen LogP contribution is -2.50. The number of halogens is 1. The van der Waals surface area contributed by atoms with Gasteiger partial charge in [-0.2, -0.15) is 0 Å². The molecule has 0 saturated carbocycles. The molecule has 0 unspecified atom stereocenters. The van der Waals surface area contributed by atoms with Gasteiger partial charge in [0.1, 0.15) is 0 Å². The molecular weight excluding hydrogens is 402 g/mol. The Kier molecular flexibility index (Phi) is 9.80. The minimum absolute atomic E-state index is 0.0615. The summed E-state index contributed by atoms with van der Waals surface area (Å²) in [6, 6.07) is -0.252. The van der Waals surface area contributed by atoms with Gasteiger partial charge in [0.2, 0.25) is 5.91 Å². The highest BCUT2D eigenvalue weighted by molar-refractivity contribution is 6.18. The van der Waals surface area contributed by atoms with E-state index >= 15 is 0 Å². The molecule has 1 heterocycles. The summed E-state index contributed by atoms with van der Waals surface area (Å²) in [4.78, 5) is 28.1. The number of hydrogen-bond donors (Lipinski definition) is 3. The molecule has 1 aliphatic carbocycles. The maximum atomic E-state index is 12.6. The van der Waals surface area contributed by atoms with Crippen molar-refractivity contribution in [1.29, 1.82) is 0 Å². The van der Waals surface area contributed by atoms with Crippen LogP contribution in [0.2, 0.25) is 0 Å². The molecule has 1 aliphatic heterocycles. The molecule has 30 heavy (non-hydrogen) atoms. The summed E-state index contributed by atoms with van der Waals surface area (Å²) in [5.74, 6) is 0.521. The molecule has 0 radical (unpaired) electrons. The topological polar surface area (TPSA) is 76.7 Å². The number of piperazine rings is 1. The first-order valence-corrected chi connectivity index (χ1v) is 10.5. The van der Waals surface area contributed by atoms with Gasteiger partial charge in [0.15, 0.2) is 0 Å². The van der Waals surface area contributed by atoms with Crippen molar-refractivity contribution in [3.8, 4) is 0 Å². The van der Waals surface area contributed by atoms with E-state index in [-0.39, 0.29) is 18.5 Å². The third kappa shape index (κ3) is 7.48. The van der Waals surface area contributed by atoms with Crippen LogP contribution in [0.25, 0.3) is 0 Å². The number of nitrogens with zero attached hydrogens (tertiary/aromatic N) is 2. The number of amides is 3. The molecule has 0 bridgehead atoms. The summed E-state index contributed by atoms with van der Waals surface area (Å²) in [6.45, 7) is 6.84. The molecule has 1 fully saturated rings. The van der Waals surface area contributed by atoms with Crippen molar-refractivity contribution in [1.82, 2.24) is 25.8 Å². The maximum absolute atomic E-state index is 12.6. The lowest BCUT2D eigenvalue weighted by molar-refractivity contribution is -0.131. The van der Waals surface area contributed by atoms with Gasteiger partial charge >= 0.3 is 6.03 Å². The second-order valence-electron chi connectivity index (χ2n) is 6.73. The second-order valence-corrected chi connectivity index (χ2v) is 7.04. The molecule has 3 N–H and O–H groups in total. The van der Waals surface area contributed by atoms with Gasteiger partial charge in [0.25, 0.3) is 0 Å². The highest BCUT2D eigenvalue weighted by atomic mass is 35.5. The molecule has 7 nitrogen and oxygen atoms in total. The lowest BCUT2D eigenvalue weighted by Gasteiger charge is -2.36. The smallest absolute Gasteiger partial charge is 0.318 e. The number of alkyl halides is 1. The average molecular weight is 432 g/mol. The minimum Gasteiger partial charge on any atom is -0.376 e. The Balaban J connectivity index is 1.84. The zero-order valence-corrected chi connectivity index (χ0v) is 18.1. The molecule has 0 aromatic carbocycles. The van der Waals surface area contributed by atoms with Crippen molar-refractivity contribution >= 4 is 23.5 Å². The molecule has 0 aromatic rings. The minimum atomic E-state index is -0.252. The van der Waals surface area contributed by atoms with Crippen molar-refractivity contribution in [2.24, 2.45) is 0 Å². The van der Waals surface area contributed by atoms with E-state index < -0.39 is 0 Å². The predicted octanol–water partition coefficient (Wildman–Crippen LogP) is 2.24. The van der Waals surface area contributed by atoms with Crippen LogP contribution in [0.1, 0.15) is 6.42 Å². The van der Waals surface area contributed by atoms with E-state index in [9.17, 15) is 9.59 Å². The third-order valence-electron chi connectivity index (χ3n) is 4.71. The van der Waals surface area contributed by atoms with Gasteiger partial charge in [-0.25, -0.2) is 4.79 Å². The van der Waals surface area contributed by atoms with Crippen LogP contribution >= 0.6 is 11.6 Å². The summed E-state index contributed by atoms with van der Waals surface area (Å²) < 4.78 is 0. The van der Waals surface area contributed by atoms with Gasteiger partial charge in [0.05, 0.1) is 6.54 Å². The van der Waals surface area contributed by atoms with E-state index in [2.05, 4.69) is 27.4 Å². The third-order valence-corrected chi connectivity index (χ3v) is 4.89. The Morgan fingerprint density at radius 3 is 2.60 bits per heavy atom. The van der Waals surface area contributed by atoms with E-state index in [1.54, 1.807) is 13.1 Å². The van der Waals surface area contributed by atoms with E-state index in [1.165, 1.54) is 0 Å².